The molecule has 0 bridgehead atoms. The number of carbonyl (C=O) groups excluding carboxylic acids is 1. The first-order chi connectivity index (χ1) is 10.2. The fourth-order valence-electron chi connectivity index (χ4n) is 2.74. The maximum Gasteiger partial charge on any atom is 0.340 e. The quantitative estimate of drug-likeness (QED) is 0.872. The van der Waals surface area contributed by atoms with Gasteiger partial charge >= 0.3 is 5.69 Å². The van der Waals surface area contributed by atoms with Crippen LogP contribution in [0, 0.1) is 0 Å². The number of aromatic nitrogens is 4. The molecule has 0 aromatic carbocycles. The van der Waals surface area contributed by atoms with Crippen LogP contribution in [-0.2, 0) is 11.2 Å². The van der Waals surface area contributed by atoms with E-state index in [1.165, 1.54) is 0 Å². The normalized spacial score (nSPS) is 18.7. The maximum atomic E-state index is 12.5. The van der Waals surface area contributed by atoms with Crippen LogP contribution in [0.25, 0.3) is 0 Å². The molecule has 1 aliphatic heterocycles. The Morgan fingerprint density at radius 3 is 3.00 bits per heavy atom. The maximum absolute atomic E-state index is 12.5. The molecule has 1 saturated heterocycles. The van der Waals surface area contributed by atoms with E-state index in [9.17, 15) is 9.59 Å². The standard InChI is InChI=1S/C14H17N5O2/c20-13(9-12-16-14(21)18-17-12)19-8-4-2-6-11(19)10-5-1-3-7-15-10/h1,3,5,7,11H,2,4,6,8-9H2,(H2,16,17,18,21)/t11-/m0/s1. The van der Waals surface area contributed by atoms with Crippen molar-refractivity contribution < 1.29 is 4.79 Å². The van der Waals surface area contributed by atoms with Crippen molar-refractivity contribution in [2.75, 3.05) is 6.54 Å². The Kier molecular flexibility index (Phi) is 3.81. The van der Waals surface area contributed by atoms with E-state index >= 15 is 0 Å². The molecule has 1 atom stereocenters. The number of pyridine rings is 1. The Bertz CT molecular complexity index is 663. The Morgan fingerprint density at radius 1 is 1.38 bits per heavy atom. The Balaban J connectivity index is 1.77. The largest absolute Gasteiger partial charge is 0.340 e. The van der Waals surface area contributed by atoms with Gasteiger partial charge in [0.25, 0.3) is 0 Å². The van der Waals surface area contributed by atoms with Crippen molar-refractivity contribution in [1.29, 1.82) is 0 Å². The summed E-state index contributed by atoms with van der Waals surface area (Å²) in [6, 6.07) is 5.77. The average molecular weight is 287 g/mol. The second kappa shape index (κ2) is 5.90. The van der Waals surface area contributed by atoms with Crippen molar-refractivity contribution in [3.8, 4) is 0 Å². The first-order valence-corrected chi connectivity index (χ1v) is 7.08. The van der Waals surface area contributed by atoms with Gasteiger partial charge < -0.3 is 4.90 Å². The zero-order chi connectivity index (χ0) is 14.7. The fourth-order valence-corrected chi connectivity index (χ4v) is 2.74. The van der Waals surface area contributed by atoms with E-state index in [0.717, 1.165) is 25.0 Å². The van der Waals surface area contributed by atoms with Gasteiger partial charge in [0.15, 0.2) is 0 Å². The third-order valence-corrected chi connectivity index (χ3v) is 3.72. The molecule has 21 heavy (non-hydrogen) atoms. The van der Waals surface area contributed by atoms with Crippen LogP contribution in [0.3, 0.4) is 0 Å². The summed E-state index contributed by atoms with van der Waals surface area (Å²) in [6.07, 6.45) is 4.84. The Hall–Kier alpha value is -2.44. The molecule has 7 heteroatoms. The molecule has 1 amide bonds. The number of hydrogen-bond donors (Lipinski definition) is 2. The Labute approximate surface area is 121 Å². The number of piperidine rings is 1. The fraction of sp³-hybridized carbons (Fsp3) is 0.429. The van der Waals surface area contributed by atoms with Gasteiger partial charge in [-0.2, -0.15) is 5.10 Å². The first-order valence-electron chi connectivity index (χ1n) is 7.08. The van der Waals surface area contributed by atoms with E-state index in [4.69, 9.17) is 0 Å². The zero-order valence-electron chi connectivity index (χ0n) is 11.6. The predicted molar refractivity (Wildman–Crippen MR) is 75.5 cm³/mol. The topological polar surface area (TPSA) is 94.7 Å². The molecule has 3 rings (SSSR count). The average Bonchev–Trinajstić information content (AvgIpc) is 2.93. The van der Waals surface area contributed by atoms with E-state index in [1.54, 1.807) is 6.20 Å². The number of amides is 1. The molecule has 2 N–H and O–H groups in total. The van der Waals surface area contributed by atoms with Crippen LogP contribution in [0.5, 0.6) is 0 Å². The molecular weight excluding hydrogens is 270 g/mol. The van der Waals surface area contributed by atoms with Gasteiger partial charge in [-0.05, 0) is 31.4 Å². The third kappa shape index (κ3) is 3.01. The molecular formula is C14H17N5O2. The van der Waals surface area contributed by atoms with Gasteiger partial charge in [0.05, 0.1) is 18.2 Å². The zero-order valence-corrected chi connectivity index (χ0v) is 11.6. The molecule has 1 fully saturated rings. The first kappa shape index (κ1) is 13.5. The van der Waals surface area contributed by atoms with Crippen molar-refractivity contribution in [3.05, 3.63) is 46.4 Å². The molecule has 110 valence electrons. The van der Waals surface area contributed by atoms with E-state index in [0.29, 0.717) is 12.4 Å². The summed E-state index contributed by atoms with van der Waals surface area (Å²) in [4.78, 5) is 32.2. The SMILES string of the molecule is O=C(Cc1n[nH]c(=O)[nH]1)N1CCCC[C@H]1c1ccccn1. The van der Waals surface area contributed by atoms with Gasteiger partial charge in [-0.25, -0.2) is 9.89 Å². The van der Waals surface area contributed by atoms with E-state index in [1.807, 2.05) is 23.1 Å². The summed E-state index contributed by atoms with van der Waals surface area (Å²) in [5.41, 5.74) is 0.527. The summed E-state index contributed by atoms with van der Waals surface area (Å²) < 4.78 is 0. The molecule has 2 aromatic heterocycles. The molecule has 2 aromatic rings. The lowest BCUT2D eigenvalue weighted by Gasteiger charge is -2.35. The van der Waals surface area contributed by atoms with Crippen molar-refractivity contribution in [2.24, 2.45) is 0 Å². The van der Waals surface area contributed by atoms with E-state index < -0.39 is 5.69 Å². The number of nitrogens with zero attached hydrogens (tertiary/aromatic N) is 3. The predicted octanol–water partition coefficient (Wildman–Crippen LogP) is 0.789. The van der Waals surface area contributed by atoms with Gasteiger partial charge in [-0.3, -0.25) is 14.8 Å². The van der Waals surface area contributed by atoms with E-state index in [2.05, 4.69) is 20.2 Å². The summed E-state index contributed by atoms with van der Waals surface area (Å²) >= 11 is 0. The third-order valence-electron chi connectivity index (χ3n) is 3.72. The molecule has 7 nitrogen and oxygen atoms in total. The van der Waals surface area contributed by atoms with Crippen molar-refractivity contribution in [3.63, 3.8) is 0 Å². The molecule has 0 radical (unpaired) electrons. The lowest BCUT2D eigenvalue weighted by atomic mass is 9.98. The summed E-state index contributed by atoms with van der Waals surface area (Å²) in [5, 5.41) is 6.07. The number of carbonyl (C=O) groups is 1. The van der Waals surface area contributed by atoms with Gasteiger partial charge in [0.2, 0.25) is 5.91 Å². The number of rotatable bonds is 3. The Morgan fingerprint density at radius 2 is 2.29 bits per heavy atom. The summed E-state index contributed by atoms with van der Waals surface area (Å²) in [6.45, 7) is 0.717. The minimum absolute atomic E-state index is 0.0121. The highest BCUT2D eigenvalue weighted by molar-refractivity contribution is 5.78. The van der Waals surface area contributed by atoms with Crippen LogP contribution in [0.1, 0.15) is 36.8 Å². The molecule has 0 saturated carbocycles. The molecule has 0 spiro atoms. The number of aromatic amines is 2. The van der Waals surface area contributed by atoms with Crippen LogP contribution in [0.2, 0.25) is 0 Å². The number of hydrogen-bond acceptors (Lipinski definition) is 4. The van der Waals surface area contributed by atoms with Crippen molar-refractivity contribution >= 4 is 5.91 Å². The van der Waals surface area contributed by atoms with Gasteiger partial charge in [-0.1, -0.05) is 6.07 Å². The molecule has 1 aliphatic rings. The van der Waals surface area contributed by atoms with E-state index in [-0.39, 0.29) is 18.4 Å². The molecule has 0 unspecified atom stereocenters. The minimum Gasteiger partial charge on any atom is -0.334 e. The smallest absolute Gasteiger partial charge is 0.334 e. The van der Waals surface area contributed by atoms with Crippen LogP contribution < -0.4 is 5.69 Å². The second-order valence-electron chi connectivity index (χ2n) is 5.15. The second-order valence-corrected chi connectivity index (χ2v) is 5.15. The van der Waals surface area contributed by atoms with Gasteiger partial charge in [0, 0.05) is 12.7 Å². The number of H-pyrrole nitrogens is 2. The van der Waals surface area contributed by atoms with Crippen LogP contribution >= 0.6 is 0 Å². The summed E-state index contributed by atoms with van der Waals surface area (Å²) in [5.74, 6) is 0.337. The molecule has 0 aliphatic carbocycles. The lowest BCUT2D eigenvalue weighted by molar-refractivity contribution is -0.134. The van der Waals surface area contributed by atoms with Crippen molar-refractivity contribution in [1.82, 2.24) is 25.1 Å². The lowest BCUT2D eigenvalue weighted by Crippen LogP contribution is -2.39. The van der Waals surface area contributed by atoms with Crippen LogP contribution in [0.15, 0.2) is 29.2 Å². The van der Waals surface area contributed by atoms with Crippen molar-refractivity contribution in [2.45, 2.75) is 31.7 Å². The minimum atomic E-state index is -0.391. The summed E-state index contributed by atoms with van der Waals surface area (Å²) in [7, 11) is 0. The number of nitrogens with one attached hydrogen (secondary N) is 2. The monoisotopic (exact) mass is 287 g/mol. The highest BCUT2D eigenvalue weighted by Gasteiger charge is 2.29. The molecule has 3 heterocycles. The highest BCUT2D eigenvalue weighted by atomic mass is 16.2. The van der Waals surface area contributed by atoms with Crippen LogP contribution in [-0.4, -0.2) is 37.5 Å². The van der Waals surface area contributed by atoms with Crippen LogP contribution in [0.4, 0.5) is 0 Å². The van der Waals surface area contributed by atoms with Gasteiger partial charge in [-0.15, -0.1) is 0 Å². The highest BCUT2D eigenvalue weighted by Crippen LogP contribution is 2.29. The van der Waals surface area contributed by atoms with Gasteiger partial charge in [0.1, 0.15) is 5.82 Å². The number of likely N-dealkylation sites (tertiary alicyclic amines) is 1.